The van der Waals surface area contributed by atoms with E-state index in [1.165, 1.54) is 34.7 Å². The minimum Gasteiger partial charge on any atom is -0.491 e. The lowest BCUT2D eigenvalue weighted by atomic mass is 10.3. The fraction of sp³-hybridized carbons (Fsp3) is 0.556. The zero-order valence-corrected chi connectivity index (χ0v) is 8.70. The Morgan fingerprint density at radius 1 is 1.07 bits per heavy atom. The quantitative estimate of drug-likeness (QED) is 0.680. The fourth-order valence-electron chi connectivity index (χ4n) is 1.16. The number of hydrogen-bond donors (Lipinski definition) is 0. The molecular formula is C9H14O5. The van der Waals surface area contributed by atoms with Crippen LogP contribution in [0.15, 0.2) is 23.5 Å². The van der Waals surface area contributed by atoms with E-state index >= 15 is 0 Å². The van der Waals surface area contributed by atoms with Crippen molar-refractivity contribution >= 4 is 0 Å². The van der Waals surface area contributed by atoms with Crippen LogP contribution in [0.2, 0.25) is 0 Å². The first kappa shape index (κ1) is 10.7. The molecule has 0 aromatic carbocycles. The van der Waals surface area contributed by atoms with Crippen molar-refractivity contribution in [1.82, 2.24) is 0 Å². The van der Waals surface area contributed by atoms with Crippen molar-refractivity contribution < 1.29 is 23.7 Å². The van der Waals surface area contributed by atoms with Crippen LogP contribution in [0.3, 0.4) is 0 Å². The van der Waals surface area contributed by atoms with Crippen molar-refractivity contribution in [3.8, 4) is 0 Å². The average Bonchev–Trinajstić information content (AvgIpc) is 2.26. The molecule has 0 fully saturated rings. The molecule has 0 radical (unpaired) electrons. The molecular weight excluding hydrogens is 188 g/mol. The number of ether oxygens (including phenoxy) is 5. The first-order valence-corrected chi connectivity index (χ1v) is 4.03. The normalized spacial score (nSPS) is 21.1. The Morgan fingerprint density at radius 3 is 2.21 bits per heavy atom. The average molecular weight is 202 g/mol. The van der Waals surface area contributed by atoms with Gasteiger partial charge < -0.3 is 23.7 Å². The topological polar surface area (TPSA) is 46.2 Å². The Hall–Kier alpha value is -1.36. The second-order valence-electron chi connectivity index (χ2n) is 2.49. The maximum atomic E-state index is 5.19. The van der Waals surface area contributed by atoms with Gasteiger partial charge in [-0.2, -0.15) is 0 Å². The lowest BCUT2D eigenvalue weighted by molar-refractivity contribution is -0.0969. The van der Waals surface area contributed by atoms with Gasteiger partial charge in [0.1, 0.15) is 6.26 Å². The molecule has 0 aromatic rings. The number of hydrogen-bond acceptors (Lipinski definition) is 5. The molecule has 0 aliphatic carbocycles. The van der Waals surface area contributed by atoms with Crippen LogP contribution in [-0.4, -0.2) is 34.7 Å². The Morgan fingerprint density at radius 2 is 1.79 bits per heavy atom. The molecule has 80 valence electrons. The summed E-state index contributed by atoms with van der Waals surface area (Å²) in [6.07, 6.45) is 0.837. The number of methoxy groups -OCH3 is 4. The lowest BCUT2D eigenvalue weighted by Crippen LogP contribution is -2.24. The van der Waals surface area contributed by atoms with Gasteiger partial charge in [-0.1, -0.05) is 0 Å². The summed E-state index contributed by atoms with van der Waals surface area (Å²) in [4.78, 5) is 0. The zero-order valence-electron chi connectivity index (χ0n) is 8.70. The van der Waals surface area contributed by atoms with Crippen molar-refractivity contribution in [2.45, 2.75) is 6.29 Å². The molecule has 0 N–H and O–H groups in total. The van der Waals surface area contributed by atoms with Gasteiger partial charge in [0, 0.05) is 7.11 Å². The van der Waals surface area contributed by atoms with Crippen LogP contribution in [0.5, 0.6) is 0 Å². The molecule has 0 aromatic heterocycles. The SMILES string of the molecule is COC1=COC(OC)C(OC)=C1OC. The predicted octanol–water partition coefficient (Wildman–Crippen LogP) is 0.981. The van der Waals surface area contributed by atoms with E-state index in [9.17, 15) is 0 Å². The van der Waals surface area contributed by atoms with Gasteiger partial charge in [0.25, 0.3) is 6.29 Å². The van der Waals surface area contributed by atoms with E-state index in [4.69, 9.17) is 23.7 Å². The molecule has 5 heteroatoms. The Balaban J connectivity index is 3.00. The molecule has 5 nitrogen and oxygen atoms in total. The molecule has 0 saturated heterocycles. The second kappa shape index (κ2) is 4.76. The van der Waals surface area contributed by atoms with Crippen molar-refractivity contribution in [3.05, 3.63) is 23.5 Å². The van der Waals surface area contributed by atoms with E-state index < -0.39 is 6.29 Å². The maximum Gasteiger partial charge on any atom is 0.261 e. The van der Waals surface area contributed by atoms with E-state index in [1.807, 2.05) is 0 Å². The molecule has 1 unspecified atom stereocenters. The number of rotatable bonds is 4. The van der Waals surface area contributed by atoms with Crippen molar-refractivity contribution in [3.63, 3.8) is 0 Å². The Kier molecular flexibility index (Phi) is 3.64. The molecule has 0 bridgehead atoms. The molecule has 0 amide bonds. The smallest absolute Gasteiger partial charge is 0.261 e. The van der Waals surface area contributed by atoms with Gasteiger partial charge in [0.2, 0.25) is 11.5 Å². The first-order chi connectivity index (χ1) is 6.78. The van der Waals surface area contributed by atoms with Crippen molar-refractivity contribution in [2.75, 3.05) is 28.4 Å². The van der Waals surface area contributed by atoms with Crippen LogP contribution in [-0.2, 0) is 23.7 Å². The summed E-state index contributed by atoms with van der Waals surface area (Å²) in [5, 5.41) is 0. The van der Waals surface area contributed by atoms with Crippen LogP contribution >= 0.6 is 0 Å². The molecule has 1 atom stereocenters. The molecule has 1 heterocycles. The third-order valence-corrected chi connectivity index (χ3v) is 1.82. The predicted molar refractivity (Wildman–Crippen MR) is 48.0 cm³/mol. The summed E-state index contributed by atoms with van der Waals surface area (Å²) in [5.74, 6) is 1.40. The molecule has 1 aliphatic rings. The maximum absolute atomic E-state index is 5.19. The third-order valence-electron chi connectivity index (χ3n) is 1.82. The van der Waals surface area contributed by atoms with Crippen molar-refractivity contribution in [1.29, 1.82) is 0 Å². The van der Waals surface area contributed by atoms with Gasteiger partial charge in [-0.05, 0) is 0 Å². The molecule has 1 aliphatic heterocycles. The molecule has 0 saturated carbocycles. The van der Waals surface area contributed by atoms with Crippen LogP contribution in [0.25, 0.3) is 0 Å². The third kappa shape index (κ3) is 1.77. The minimum atomic E-state index is -0.589. The standard InChI is InChI=1S/C9H14O5/c1-10-6-5-14-9(13-4)8(12-3)7(6)11-2/h5,9H,1-4H3. The van der Waals surface area contributed by atoms with E-state index in [1.54, 1.807) is 0 Å². The largest absolute Gasteiger partial charge is 0.491 e. The van der Waals surface area contributed by atoms with Crippen LogP contribution in [0.1, 0.15) is 0 Å². The Bertz CT molecular complexity index is 256. The summed E-state index contributed by atoms with van der Waals surface area (Å²) in [6.45, 7) is 0. The second-order valence-corrected chi connectivity index (χ2v) is 2.49. The summed E-state index contributed by atoms with van der Waals surface area (Å²) >= 11 is 0. The summed E-state index contributed by atoms with van der Waals surface area (Å²) in [6, 6.07) is 0. The summed E-state index contributed by atoms with van der Waals surface area (Å²) in [7, 11) is 6.08. The first-order valence-electron chi connectivity index (χ1n) is 4.03. The molecule has 14 heavy (non-hydrogen) atoms. The van der Waals surface area contributed by atoms with Gasteiger partial charge in [-0.15, -0.1) is 0 Å². The van der Waals surface area contributed by atoms with E-state index in [0.29, 0.717) is 17.3 Å². The minimum absolute atomic E-state index is 0.453. The highest BCUT2D eigenvalue weighted by Crippen LogP contribution is 2.26. The molecule has 1 rings (SSSR count). The van der Waals surface area contributed by atoms with Gasteiger partial charge >= 0.3 is 0 Å². The van der Waals surface area contributed by atoms with Gasteiger partial charge in [0.15, 0.2) is 5.76 Å². The van der Waals surface area contributed by atoms with Gasteiger partial charge in [-0.3, -0.25) is 0 Å². The highest BCUT2D eigenvalue weighted by molar-refractivity contribution is 5.26. The lowest BCUT2D eigenvalue weighted by Gasteiger charge is -2.24. The van der Waals surface area contributed by atoms with Gasteiger partial charge in [-0.25, -0.2) is 0 Å². The van der Waals surface area contributed by atoms with Crippen LogP contribution in [0.4, 0.5) is 0 Å². The van der Waals surface area contributed by atoms with Crippen LogP contribution in [0, 0.1) is 0 Å². The molecule has 0 spiro atoms. The van der Waals surface area contributed by atoms with E-state index in [-0.39, 0.29) is 0 Å². The van der Waals surface area contributed by atoms with E-state index in [0.717, 1.165) is 0 Å². The highest BCUT2D eigenvalue weighted by atomic mass is 16.7. The zero-order chi connectivity index (χ0) is 10.6. The monoisotopic (exact) mass is 202 g/mol. The van der Waals surface area contributed by atoms with E-state index in [2.05, 4.69) is 0 Å². The summed E-state index contributed by atoms with van der Waals surface area (Å²) in [5.41, 5.74) is 0. The fourth-order valence-corrected chi connectivity index (χ4v) is 1.16. The van der Waals surface area contributed by atoms with Crippen molar-refractivity contribution in [2.24, 2.45) is 0 Å². The highest BCUT2D eigenvalue weighted by Gasteiger charge is 2.28. The van der Waals surface area contributed by atoms with Crippen LogP contribution < -0.4 is 0 Å². The van der Waals surface area contributed by atoms with Gasteiger partial charge in [0.05, 0.1) is 21.3 Å². The summed E-state index contributed by atoms with van der Waals surface area (Å²) < 4.78 is 25.5. The Labute approximate surface area is 82.8 Å².